The van der Waals surface area contributed by atoms with Crippen LogP contribution in [0.3, 0.4) is 0 Å². The van der Waals surface area contributed by atoms with Crippen LogP contribution in [0.1, 0.15) is 24.3 Å². The summed E-state index contributed by atoms with van der Waals surface area (Å²) < 4.78 is 10.6. The third kappa shape index (κ3) is 5.01. The third-order valence-corrected chi connectivity index (χ3v) is 5.24. The fourth-order valence-electron chi connectivity index (χ4n) is 3.62. The van der Waals surface area contributed by atoms with Gasteiger partial charge in [0.1, 0.15) is 5.75 Å². The number of piperidine rings is 1. The zero-order chi connectivity index (χ0) is 20.8. The highest BCUT2D eigenvalue weighted by Crippen LogP contribution is 2.22. The lowest BCUT2D eigenvalue weighted by atomic mass is 9.97. The molecule has 0 aliphatic carbocycles. The van der Waals surface area contributed by atoms with Crippen LogP contribution in [-0.2, 0) is 17.9 Å². The first-order valence-electron chi connectivity index (χ1n) is 10.1. The van der Waals surface area contributed by atoms with E-state index >= 15 is 0 Å². The summed E-state index contributed by atoms with van der Waals surface area (Å²) in [6.45, 7) is 2.62. The Hall–Kier alpha value is -3.26. The van der Waals surface area contributed by atoms with Gasteiger partial charge in [0.15, 0.2) is 0 Å². The van der Waals surface area contributed by atoms with E-state index in [1.807, 2.05) is 36.4 Å². The van der Waals surface area contributed by atoms with Crippen molar-refractivity contribution in [3.63, 3.8) is 0 Å². The number of nitrogens with zero attached hydrogens (tertiary/aromatic N) is 4. The van der Waals surface area contributed by atoms with Crippen LogP contribution in [0, 0.1) is 5.92 Å². The van der Waals surface area contributed by atoms with Crippen LogP contribution >= 0.6 is 0 Å². The van der Waals surface area contributed by atoms with Gasteiger partial charge in [-0.25, -0.2) is 0 Å². The standard InChI is InChI=1S/C22H25N5O3/c1-29-19-8-6-17(7-9-19)21-25-20(30-26-21)15-27-11-3-5-18(14-27)22(28)24-13-16-4-2-10-23-12-16/h2,4,6-10,12,18H,3,5,11,13-15H2,1H3,(H,24,28). The Balaban J connectivity index is 1.31. The molecule has 8 heteroatoms. The van der Waals surface area contributed by atoms with Crippen molar-refractivity contribution in [3.8, 4) is 17.1 Å². The third-order valence-electron chi connectivity index (χ3n) is 5.24. The molecule has 1 saturated heterocycles. The Morgan fingerprint density at radius 2 is 2.17 bits per heavy atom. The summed E-state index contributed by atoms with van der Waals surface area (Å²) in [5, 5.41) is 7.11. The van der Waals surface area contributed by atoms with Crippen LogP contribution in [0.25, 0.3) is 11.4 Å². The molecule has 1 atom stereocenters. The number of amides is 1. The number of methoxy groups -OCH3 is 1. The molecule has 3 aromatic rings. The molecule has 1 aliphatic heterocycles. The van der Waals surface area contributed by atoms with Gasteiger partial charge in [-0.2, -0.15) is 4.98 Å². The lowest BCUT2D eigenvalue weighted by Gasteiger charge is -2.30. The smallest absolute Gasteiger partial charge is 0.241 e. The Morgan fingerprint density at radius 1 is 1.30 bits per heavy atom. The lowest BCUT2D eigenvalue weighted by molar-refractivity contribution is -0.127. The zero-order valence-corrected chi connectivity index (χ0v) is 17.0. The van der Waals surface area contributed by atoms with Gasteiger partial charge in [-0.15, -0.1) is 0 Å². The molecule has 3 heterocycles. The van der Waals surface area contributed by atoms with Crippen molar-refractivity contribution >= 4 is 5.91 Å². The Kier molecular flexibility index (Phi) is 6.34. The van der Waals surface area contributed by atoms with Gasteiger partial charge in [0.05, 0.1) is 19.6 Å². The largest absolute Gasteiger partial charge is 0.497 e. The maximum Gasteiger partial charge on any atom is 0.241 e. The van der Waals surface area contributed by atoms with E-state index in [1.165, 1.54) is 0 Å². The molecule has 1 fully saturated rings. The van der Waals surface area contributed by atoms with Gasteiger partial charge in [-0.05, 0) is 55.3 Å². The maximum absolute atomic E-state index is 12.6. The number of hydrogen-bond donors (Lipinski definition) is 1. The summed E-state index contributed by atoms with van der Waals surface area (Å²) in [7, 11) is 1.63. The zero-order valence-electron chi connectivity index (χ0n) is 17.0. The van der Waals surface area contributed by atoms with Crippen molar-refractivity contribution in [1.29, 1.82) is 0 Å². The fraction of sp³-hybridized carbons (Fsp3) is 0.364. The molecule has 156 valence electrons. The molecule has 1 aromatic carbocycles. The van der Waals surface area contributed by atoms with Crippen molar-refractivity contribution < 1.29 is 14.1 Å². The first-order chi connectivity index (χ1) is 14.7. The van der Waals surface area contributed by atoms with Crippen LogP contribution in [0.15, 0.2) is 53.3 Å². The van der Waals surface area contributed by atoms with E-state index in [0.29, 0.717) is 31.3 Å². The van der Waals surface area contributed by atoms with Crippen molar-refractivity contribution in [2.75, 3.05) is 20.2 Å². The number of pyridine rings is 1. The molecule has 0 saturated carbocycles. The van der Waals surface area contributed by atoms with E-state index in [-0.39, 0.29) is 11.8 Å². The fourth-order valence-corrected chi connectivity index (χ4v) is 3.62. The number of carbonyl (C=O) groups is 1. The molecule has 0 bridgehead atoms. The number of likely N-dealkylation sites (tertiary alicyclic amines) is 1. The van der Waals surface area contributed by atoms with E-state index in [2.05, 4.69) is 25.3 Å². The summed E-state index contributed by atoms with van der Waals surface area (Å²) in [5.74, 6) is 1.92. The van der Waals surface area contributed by atoms with Gasteiger partial charge in [0, 0.05) is 31.0 Å². The molecule has 0 radical (unpaired) electrons. The second-order valence-electron chi connectivity index (χ2n) is 7.39. The van der Waals surface area contributed by atoms with Gasteiger partial charge < -0.3 is 14.6 Å². The van der Waals surface area contributed by atoms with Gasteiger partial charge in [-0.3, -0.25) is 14.7 Å². The highest BCUT2D eigenvalue weighted by Gasteiger charge is 2.26. The van der Waals surface area contributed by atoms with E-state index in [1.54, 1.807) is 19.5 Å². The van der Waals surface area contributed by atoms with Gasteiger partial charge >= 0.3 is 0 Å². The Morgan fingerprint density at radius 3 is 2.93 bits per heavy atom. The SMILES string of the molecule is COc1ccc(-c2noc(CN3CCCC(C(=O)NCc4cccnc4)C3)n2)cc1. The molecule has 1 N–H and O–H groups in total. The van der Waals surface area contributed by atoms with E-state index < -0.39 is 0 Å². The van der Waals surface area contributed by atoms with E-state index in [0.717, 1.165) is 36.3 Å². The molecule has 0 spiro atoms. The number of ether oxygens (including phenoxy) is 1. The number of aromatic nitrogens is 3. The van der Waals surface area contributed by atoms with Crippen LogP contribution in [-0.4, -0.2) is 46.1 Å². The van der Waals surface area contributed by atoms with Crippen molar-refractivity contribution in [3.05, 3.63) is 60.2 Å². The van der Waals surface area contributed by atoms with Crippen molar-refractivity contribution in [2.45, 2.75) is 25.9 Å². The molecule has 1 aliphatic rings. The first kappa shape index (κ1) is 20.0. The first-order valence-corrected chi connectivity index (χ1v) is 10.1. The number of rotatable bonds is 7. The lowest BCUT2D eigenvalue weighted by Crippen LogP contribution is -2.42. The van der Waals surface area contributed by atoms with Crippen molar-refractivity contribution in [1.82, 2.24) is 25.3 Å². The second kappa shape index (κ2) is 9.49. The minimum absolute atomic E-state index is 0.0422. The topological polar surface area (TPSA) is 93.4 Å². The maximum atomic E-state index is 12.6. The average Bonchev–Trinajstić information content (AvgIpc) is 3.27. The van der Waals surface area contributed by atoms with Crippen LogP contribution in [0.5, 0.6) is 5.75 Å². The Bertz CT molecular complexity index is 958. The van der Waals surface area contributed by atoms with Crippen LogP contribution < -0.4 is 10.1 Å². The predicted octanol–water partition coefficient (Wildman–Crippen LogP) is 2.67. The van der Waals surface area contributed by atoms with Crippen LogP contribution in [0.4, 0.5) is 0 Å². The number of carbonyl (C=O) groups excluding carboxylic acids is 1. The monoisotopic (exact) mass is 407 g/mol. The minimum Gasteiger partial charge on any atom is -0.497 e. The molecule has 30 heavy (non-hydrogen) atoms. The minimum atomic E-state index is -0.0422. The van der Waals surface area contributed by atoms with Gasteiger partial charge in [0.2, 0.25) is 17.6 Å². The molecule has 4 rings (SSSR count). The highest BCUT2D eigenvalue weighted by molar-refractivity contribution is 5.78. The summed E-state index contributed by atoms with van der Waals surface area (Å²) >= 11 is 0. The highest BCUT2D eigenvalue weighted by atomic mass is 16.5. The summed E-state index contributed by atoms with van der Waals surface area (Å²) in [4.78, 5) is 23.4. The summed E-state index contributed by atoms with van der Waals surface area (Å²) in [6.07, 6.45) is 5.34. The average molecular weight is 407 g/mol. The summed E-state index contributed by atoms with van der Waals surface area (Å²) in [6, 6.07) is 11.4. The van der Waals surface area contributed by atoms with E-state index in [9.17, 15) is 4.79 Å². The van der Waals surface area contributed by atoms with E-state index in [4.69, 9.17) is 9.26 Å². The summed E-state index contributed by atoms with van der Waals surface area (Å²) in [5.41, 5.74) is 1.87. The normalized spacial score (nSPS) is 16.9. The molecule has 2 aromatic heterocycles. The molecule has 8 nitrogen and oxygen atoms in total. The Labute approximate surface area is 175 Å². The second-order valence-corrected chi connectivity index (χ2v) is 7.39. The number of nitrogens with one attached hydrogen (secondary N) is 1. The molecular weight excluding hydrogens is 382 g/mol. The molecular formula is C22H25N5O3. The van der Waals surface area contributed by atoms with Gasteiger partial charge in [0.25, 0.3) is 0 Å². The number of hydrogen-bond acceptors (Lipinski definition) is 7. The van der Waals surface area contributed by atoms with Crippen LogP contribution in [0.2, 0.25) is 0 Å². The quantitative estimate of drug-likeness (QED) is 0.643. The predicted molar refractivity (Wildman–Crippen MR) is 110 cm³/mol. The number of benzene rings is 1. The molecule has 1 amide bonds. The van der Waals surface area contributed by atoms with Crippen molar-refractivity contribution in [2.24, 2.45) is 5.92 Å². The van der Waals surface area contributed by atoms with Gasteiger partial charge in [-0.1, -0.05) is 11.2 Å². The molecule has 1 unspecified atom stereocenters.